The summed E-state index contributed by atoms with van der Waals surface area (Å²) in [5, 5.41) is 0. The van der Waals surface area contributed by atoms with E-state index in [1.165, 1.54) is 64.6 Å². The van der Waals surface area contributed by atoms with E-state index in [0.717, 1.165) is 19.5 Å². The van der Waals surface area contributed by atoms with E-state index in [9.17, 15) is 4.79 Å². The van der Waals surface area contributed by atoms with Crippen molar-refractivity contribution in [1.82, 2.24) is 9.80 Å². The fourth-order valence-corrected chi connectivity index (χ4v) is 4.37. The molecule has 2 saturated heterocycles. The Bertz CT molecular complexity index is 333. The fraction of sp³-hybridized carbons (Fsp3) is 0.941. The number of piperidine rings is 1. The standard InChI is InChI=1S/C17H30N2O/c1-2-18-10-8-17(9-11-18)13-19(14-17)16(20)12-15-6-4-3-5-7-15/h15H,2-14H2,1H3. The topological polar surface area (TPSA) is 23.6 Å². The number of hydrogen-bond donors (Lipinski definition) is 0. The molecule has 0 atom stereocenters. The number of rotatable bonds is 3. The quantitative estimate of drug-likeness (QED) is 0.792. The van der Waals surface area contributed by atoms with Gasteiger partial charge in [0.05, 0.1) is 0 Å². The Morgan fingerprint density at radius 2 is 1.75 bits per heavy atom. The van der Waals surface area contributed by atoms with Crippen LogP contribution >= 0.6 is 0 Å². The van der Waals surface area contributed by atoms with Crippen molar-refractivity contribution in [3.8, 4) is 0 Å². The van der Waals surface area contributed by atoms with E-state index in [0.29, 0.717) is 17.2 Å². The zero-order chi connectivity index (χ0) is 14.0. The zero-order valence-corrected chi connectivity index (χ0v) is 13.1. The molecule has 0 aromatic heterocycles. The molecule has 0 aromatic carbocycles. The Balaban J connectivity index is 1.42. The third-order valence-electron chi connectivity index (χ3n) is 5.96. The van der Waals surface area contributed by atoms with Crippen LogP contribution in [0.15, 0.2) is 0 Å². The van der Waals surface area contributed by atoms with Crippen LogP contribution in [0.2, 0.25) is 0 Å². The van der Waals surface area contributed by atoms with Gasteiger partial charge in [0.15, 0.2) is 0 Å². The van der Waals surface area contributed by atoms with Gasteiger partial charge in [-0.3, -0.25) is 4.79 Å². The lowest BCUT2D eigenvalue weighted by molar-refractivity contribution is -0.148. The maximum absolute atomic E-state index is 12.4. The highest BCUT2D eigenvalue weighted by Crippen LogP contribution is 2.41. The number of carbonyl (C=O) groups excluding carboxylic acids is 1. The molecule has 0 aromatic rings. The third-order valence-corrected chi connectivity index (χ3v) is 5.96. The number of carbonyl (C=O) groups is 1. The van der Waals surface area contributed by atoms with E-state index in [-0.39, 0.29) is 0 Å². The molecule has 0 N–H and O–H groups in total. The second kappa shape index (κ2) is 6.05. The number of likely N-dealkylation sites (tertiary alicyclic amines) is 2. The van der Waals surface area contributed by atoms with Crippen molar-refractivity contribution in [2.75, 3.05) is 32.7 Å². The normalized spacial score (nSPS) is 27.6. The largest absolute Gasteiger partial charge is 0.341 e. The van der Waals surface area contributed by atoms with Gasteiger partial charge < -0.3 is 9.80 Å². The van der Waals surface area contributed by atoms with Crippen LogP contribution in [0, 0.1) is 11.3 Å². The molecule has 2 heterocycles. The molecule has 3 aliphatic rings. The molecule has 20 heavy (non-hydrogen) atoms. The maximum atomic E-state index is 12.4. The molecule has 3 fully saturated rings. The summed E-state index contributed by atoms with van der Waals surface area (Å²) in [4.78, 5) is 17.0. The summed E-state index contributed by atoms with van der Waals surface area (Å²) in [6.07, 6.45) is 10.1. The van der Waals surface area contributed by atoms with Crippen LogP contribution in [-0.4, -0.2) is 48.4 Å². The molecular formula is C17H30N2O. The van der Waals surface area contributed by atoms with Crippen molar-refractivity contribution in [3.63, 3.8) is 0 Å². The van der Waals surface area contributed by atoms with Crippen LogP contribution in [0.3, 0.4) is 0 Å². The van der Waals surface area contributed by atoms with Crippen molar-refractivity contribution in [1.29, 1.82) is 0 Å². The SMILES string of the molecule is CCN1CCC2(CC1)CN(C(=O)CC1CCCCC1)C2. The van der Waals surface area contributed by atoms with E-state index < -0.39 is 0 Å². The second-order valence-electron chi connectivity index (χ2n) is 7.39. The summed E-state index contributed by atoms with van der Waals surface area (Å²) >= 11 is 0. The van der Waals surface area contributed by atoms with Crippen LogP contribution in [0.25, 0.3) is 0 Å². The van der Waals surface area contributed by atoms with E-state index in [1.54, 1.807) is 0 Å². The smallest absolute Gasteiger partial charge is 0.222 e. The summed E-state index contributed by atoms with van der Waals surface area (Å²) in [5.41, 5.74) is 0.494. The van der Waals surface area contributed by atoms with Crippen LogP contribution in [-0.2, 0) is 4.79 Å². The number of hydrogen-bond acceptors (Lipinski definition) is 2. The van der Waals surface area contributed by atoms with Crippen molar-refractivity contribution in [2.45, 2.75) is 58.3 Å². The molecule has 1 saturated carbocycles. The van der Waals surface area contributed by atoms with Crippen molar-refractivity contribution in [3.05, 3.63) is 0 Å². The van der Waals surface area contributed by atoms with Crippen LogP contribution in [0.5, 0.6) is 0 Å². The second-order valence-corrected chi connectivity index (χ2v) is 7.39. The van der Waals surface area contributed by atoms with E-state index in [2.05, 4.69) is 16.7 Å². The molecule has 0 radical (unpaired) electrons. The van der Waals surface area contributed by atoms with Crippen molar-refractivity contribution >= 4 is 5.91 Å². The van der Waals surface area contributed by atoms with E-state index >= 15 is 0 Å². The van der Waals surface area contributed by atoms with E-state index in [4.69, 9.17) is 0 Å². The predicted molar refractivity (Wildman–Crippen MR) is 81.6 cm³/mol. The average molecular weight is 278 g/mol. The summed E-state index contributed by atoms with van der Waals surface area (Å²) < 4.78 is 0. The predicted octanol–water partition coefficient (Wildman–Crippen LogP) is 2.90. The van der Waals surface area contributed by atoms with Crippen molar-refractivity contribution in [2.24, 2.45) is 11.3 Å². The monoisotopic (exact) mass is 278 g/mol. The first-order valence-electron chi connectivity index (χ1n) is 8.71. The molecule has 1 amide bonds. The Kier molecular flexibility index (Phi) is 4.34. The fourth-order valence-electron chi connectivity index (χ4n) is 4.37. The Morgan fingerprint density at radius 1 is 1.10 bits per heavy atom. The molecule has 1 spiro atoms. The minimum absolute atomic E-state index is 0.445. The lowest BCUT2D eigenvalue weighted by atomic mass is 9.71. The van der Waals surface area contributed by atoms with Gasteiger partial charge in [-0.05, 0) is 51.2 Å². The highest BCUT2D eigenvalue weighted by Gasteiger charge is 2.46. The molecule has 3 nitrogen and oxygen atoms in total. The molecule has 0 bridgehead atoms. The van der Waals surface area contributed by atoms with Crippen LogP contribution < -0.4 is 0 Å². The van der Waals surface area contributed by atoms with Crippen LogP contribution in [0.4, 0.5) is 0 Å². The lowest BCUT2D eigenvalue weighted by Crippen LogP contribution is -2.62. The van der Waals surface area contributed by atoms with Gasteiger partial charge in [0.2, 0.25) is 5.91 Å². The zero-order valence-electron chi connectivity index (χ0n) is 13.1. The number of amides is 1. The minimum Gasteiger partial charge on any atom is -0.341 e. The summed E-state index contributed by atoms with van der Waals surface area (Å²) in [6, 6.07) is 0. The van der Waals surface area contributed by atoms with Gasteiger partial charge >= 0.3 is 0 Å². The summed E-state index contributed by atoms with van der Waals surface area (Å²) in [6.45, 7) is 8.01. The van der Waals surface area contributed by atoms with Gasteiger partial charge in [-0.1, -0.05) is 26.2 Å². The third kappa shape index (κ3) is 3.03. The van der Waals surface area contributed by atoms with Crippen LogP contribution in [0.1, 0.15) is 58.3 Å². The molecule has 3 heteroatoms. The molecule has 114 valence electrons. The summed E-state index contributed by atoms with van der Waals surface area (Å²) in [7, 11) is 0. The first-order chi connectivity index (χ1) is 9.71. The molecule has 0 unspecified atom stereocenters. The maximum Gasteiger partial charge on any atom is 0.222 e. The first-order valence-corrected chi connectivity index (χ1v) is 8.71. The van der Waals surface area contributed by atoms with Gasteiger partial charge in [0.25, 0.3) is 0 Å². The van der Waals surface area contributed by atoms with Gasteiger partial charge in [0.1, 0.15) is 0 Å². The summed E-state index contributed by atoms with van der Waals surface area (Å²) in [5.74, 6) is 1.13. The first kappa shape index (κ1) is 14.4. The Morgan fingerprint density at radius 3 is 2.35 bits per heavy atom. The molecular weight excluding hydrogens is 248 g/mol. The van der Waals surface area contributed by atoms with Gasteiger partial charge in [0, 0.05) is 24.9 Å². The number of nitrogens with zero attached hydrogens (tertiary/aromatic N) is 2. The molecule has 2 aliphatic heterocycles. The minimum atomic E-state index is 0.445. The molecule has 1 aliphatic carbocycles. The Hall–Kier alpha value is -0.570. The van der Waals surface area contributed by atoms with Crippen molar-refractivity contribution < 1.29 is 4.79 Å². The average Bonchev–Trinajstić information content (AvgIpc) is 2.46. The van der Waals surface area contributed by atoms with Gasteiger partial charge in [-0.15, -0.1) is 0 Å². The van der Waals surface area contributed by atoms with Gasteiger partial charge in [-0.2, -0.15) is 0 Å². The highest BCUT2D eigenvalue weighted by atomic mass is 16.2. The Labute approximate surface area is 123 Å². The lowest BCUT2D eigenvalue weighted by Gasteiger charge is -2.54. The van der Waals surface area contributed by atoms with Gasteiger partial charge in [-0.25, -0.2) is 0 Å². The van der Waals surface area contributed by atoms with E-state index in [1.807, 2.05) is 0 Å². The highest BCUT2D eigenvalue weighted by molar-refractivity contribution is 5.77. The molecule has 3 rings (SSSR count).